The number of hydrogen-bond donors (Lipinski definition) is 0. The van der Waals surface area contributed by atoms with Crippen LogP contribution in [-0.4, -0.2) is 12.3 Å². The van der Waals surface area contributed by atoms with Crippen molar-refractivity contribution in [3.05, 3.63) is 40.0 Å². The molecule has 0 aliphatic carbocycles. The topological polar surface area (TPSA) is 35.5 Å². The van der Waals surface area contributed by atoms with Crippen LogP contribution in [0.2, 0.25) is 0 Å². The Morgan fingerprint density at radius 2 is 2.14 bits per heavy atom. The van der Waals surface area contributed by atoms with Crippen molar-refractivity contribution in [3.63, 3.8) is 0 Å². The molecule has 0 spiro atoms. The number of rotatable bonds is 2. The molecule has 0 saturated heterocycles. The van der Waals surface area contributed by atoms with Gasteiger partial charge < -0.3 is 9.47 Å². The summed E-state index contributed by atoms with van der Waals surface area (Å²) in [5.74, 6) is 0.360. The molecule has 0 unspecified atom stereocenters. The van der Waals surface area contributed by atoms with Gasteiger partial charge in [-0.25, -0.2) is 4.79 Å². The van der Waals surface area contributed by atoms with Gasteiger partial charge in [0.1, 0.15) is 5.75 Å². The van der Waals surface area contributed by atoms with Gasteiger partial charge in [-0.2, -0.15) is 0 Å². The van der Waals surface area contributed by atoms with Crippen LogP contribution >= 0.6 is 22.6 Å². The van der Waals surface area contributed by atoms with E-state index in [1.54, 1.807) is 6.08 Å². The Bertz CT molecular complexity index is 387. The van der Waals surface area contributed by atoms with Gasteiger partial charge in [-0.3, -0.25) is 0 Å². The van der Waals surface area contributed by atoms with Crippen LogP contribution in [0, 0.1) is 3.57 Å². The summed E-state index contributed by atoms with van der Waals surface area (Å²) in [6.07, 6.45) is 2.37. The Hall–Kier alpha value is -1.04. The highest BCUT2D eigenvalue weighted by molar-refractivity contribution is 14.1. The van der Waals surface area contributed by atoms with Gasteiger partial charge in [0.15, 0.2) is 0 Å². The van der Waals surface area contributed by atoms with Gasteiger partial charge in [0.05, 0.1) is 3.57 Å². The van der Waals surface area contributed by atoms with E-state index in [0.717, 1.165) is 9.32 Å². The summed E-state index contributed by atoms with van der Waals surface area (Å²) in [6, 6.07) is 7.56. The minimum absolute atomic E-state index is 0.360. The van der Waals surface area contributed by atoms with Crippen LogP contribution in [0.5, 0.6) is 5.75 Å². The van der Waals surface area contributed by atoms with Crippen molar-refractivity contribution in [2.75, 3.05) is 0 Å². The number of cyclic esters (lactones) is 1. The molecule has 0 fully saturated rings. The molecule has 0 aromatic heterocycles. The zero-order valence-corrected chi connectivity index (χ0v) is 9.30. The number of carbonyl (C=O) groups is 1. The van der Waals surface area contributed by atoms with Crippen molar-refractivity contribution in [1.29, 1.82) is 0 Å². The van der Waals surface area contributed by atoms with Crippen molar-refractivity contribution >= 4 is 28.6 Å². The molecule has 0 amide bonds. The number of halogens is 1. The first-order chi connectivity index (χ1) is 6.75. The fraction of sp³-hybridized carbons (Fsp3) is 0.100. The van der Waals surface area contributed by atoms with E-state index in [-0.39, 0.29) is 5.97 Å². The number of ether oxygens (including phenoxy) is 2. The molecule has 3 nitrogen and oxygen atoms in total. The SMILES string of the molecule is O=C1C=C[C@@H](Oc2ccccc2I)O1. The maximum atomic E-state index is 10.7. The molecule has 1 atom stereocenters. The summed E-state index contributed by atoms with van der Waals surface area (Å²) in [4.78, 5) is 10.7. The monoisotopic (exact) mass is 302 g/mol. The van der Waals surface area contributed by atoms with Gasteiger partial charge in [0, 0.05) is 12.2 Å². The molecule has 72 valence electrons. The molecule has 0 radical (unpaired) electrons. The van der Waals surface area contributed by atoms with Gasteiger partial charge >= 0.3 is 5.97 Å². The highest BCUT2D eigenvalue weighted by Crippen LogP contribution is 2.22. The first-order valence-corrected chi connectivity index (χ1v) is 5.13. The van der Waals surface area contributed by atoms with Crippen LogP contribution in [0.25, 0.3) is 0 Å². The number of esters is 1. The molecule has 0 N–H and O–H groups in total. The van der Waals surface area contributed by atoms with Crippen LogP contribution in [0.15, 0.2) is 36.4 Å². The Balaban J connectivity index is 2.08. The van der Waals surface area contributed by atoms with Gasteiger partial charge in [-0.1, -0.05) is 12.1 Å². The third-order valence-corrected chi connectivity index (χ3v) is 2.59. The Kier molecular flexibility index (Phi) is 2.72. The summed E-state index contributed by atoms with van der Waals surface area (Å²) in [5.41, 5.74) is 0. The van der Waals surface area contributed by atoms with Crippen LogP contribution in [0.4, 0.5) is 0 Å². The highest BCUT2D eigenvalue weighted by atomic mass is 127. The van der Waals surface area contributed by atoms with E-state index < -0.39 is 6.29 Å². The summed E-state index contributed by atoms with van der Waals surface area (Å²) < 4.78 is 11.3. The Morgan fingerprint density at radius 1 is 1.36 bits per heavy atom. The van der Waals surface area contributed by atoms with Crippen molar-refractivity contribution < 1.29 is 14.3 Å². The second kappa shape index (κ2) is 4.00. The second-order valence-corrected chi connectivity index (χ2v) is 3.87. The van der Waals surface area contributed by atoms with Crippen LogP contribution in [0.3, 0.4) is 0 Å². The number of para-hydroxylation sites is 1. The molecule has 0 bridgehead atoms. The summed E-state index contributed by atoms with van der Waals surface area (Å²) in [7, 11) is 0. The van der Waals surface area contributed by atoms with Crippen molar-refractivity contribution in [2.45, 2.75) is 6.29 Å². The number of benzene rings is 1. The highest BCUT2D eigenvalue weighted by Gasteiger charge is 2.18. The lowest BCUT2D eigenvalue weighted by molar-refractivity contribution is -0.147. The minimum Gasteiger partial charge on any atom is -0.450 e. The summed E-state index contributed by atoms with van der Waals surface area (Å²) in [5, 5.41) is 0. The predicted octanol–water partition coefficient (Wildman–Crippen LogP) is 2.11. The molecule has 4 heteroatoms. The number of carbonyl (C=O) groups excluding carboxylic acids is 1. The van der Waals surface area contributed by atoms with Gasteiger partial charge in [0.2, 0.25) is 0 Å². The lowest BCUT2D eigenvalue weighted by Crippen LogP contribution is -2.15. The zero-order valence-electron chi connectivity index (χ0n) is 7.14. The standard InChI is InChI=1S/C10H7IO3/c11-7-3-1-2-4-8(7)13-10-6-5-9(12)14-10/h1-6,10H/t10-/m0/s1. The molecule has 14 heavy (non-hydrogen) atoms. The van der Waals surface area contributed by atoms with E-state index in [2.05, 4.69) is 22.6 Å². The maximum Gasteiger partial charge on any atom is 0.334 e. The zero-order chi connectivity index (χ0) is 9.97. The number of hydrogen-bond acceptors (Lipinski definition) is 3. The average Bonchev–Trinajstić information content (AvgIpc) is 2.56. The van der Waals surface area contributed by atoms with E-state index in [0.29, 0.717) is 0 Å². The maximum absolute atomic E-state index is 10.7. The molecule has 2 rings (SSSR count). The molecule has 0 saturated carbocycles. The molecular weight excluding hydrogens is 295 g/mol. The van der Waals surface area contributed by atoms with Gasteiger partial charge in [-0.05, 0) is 34.7 Å². The molecular formula is C10H7IO3. The van der Waals surface area contributed by atoms with Gasteiger partial charge in [0.25, 0.3) is 6.29 Å². The first-order valence-electron chi connectivity index (χ1n) is 4.06. The fourth-order valence-electron chi connectivity index (χ4n) is 1.08. The quantitative estimate of drug-likeness (QED) is 0.620. The Morgan fingerprint density at radius 3 is 2.79 bits per heavy atom. The minimum atomic E-state index is -0.585. The fourth-order valence-corrected chi connectivity index (χ4v) is 1.59. The van der Waals surface area contributed by atoms with E-state index in [1.165, 1.54) is 6.08 Å². The van der Waals surface area contributed by atoms with Crippen LogP contribution in [-0.2, 0) is 9.53 Å². The van der Waals surface area contributed by atoms with E-state index in [1.807, 2.05) is 24.3 Å². The average molecular weight is 302 g/mol. The van der Waals surface area contributed by atoms with E-state index in [4.69, 9.17) is 9.47 Å². The van der Waals surface area contributed by atoms with Crippen molar-refractivity contribution in [2.24, 2.45) is 0 Å². The third-order valence-electron chi connectivity index (χ3n) is 1.70. The normalized spacial score (nSPS) is 19.5. The lowest BCUT2D eigenvalue weighted by Gasteiger charge is -2.12. The molecule has 1 heterocycles. The van der Waals surface area contributed by atoms with E-state index >= 15 is 0 Å². The lowest BCUT2D eigenvalue weighted by atomic mass is 10.3. The first kappa shape index (κ1) is 9.51. The largest absolute Gasteiger partial charge is 0.450 e. The predicted molar refractivity (Wildman–Crippen MR) is 58.8 cm³/mol. The van der Waals surface area contributed by atoms with Gasteiger partial charge in [-0.15, -0.1) is 0 Å². The summed E-state index contributed by atoms with van der Waals surface area (Å²) in [6.45, 7) is 0. The smallest absolute Gasteiger partial charge is 0.334 e. The molecule has 1 aliphatic heterocycles. The van der Waals surface area contributed by atoms with Crippen molar-refractivity contribution in [1.82, 2.24) is 0 Å². The van der Waals surface area contributed by atoms with E-state index in [9.17, 15) is 4.79 Å². The second-order valence-electron chi connectivity index (χ2n) is 2.71. The van der Waals surface area contributed by atoms with Crippen LogP contribution < -0.4 is 4.74 Å². The third kappa shape index (κ3) is 2.06. The molecule has 1 aromatic carbocycles. The summed E-state index contributed by atoms with van der Waals surface area (Å²) >= 11 is 2.16. The Labute approximate surface area is 94.8 Å². The molecule has 1 aromatic rings. The van der Waals surface area contributed by atoms with Crippen molar-refractivity contribution in [3.8, 4) is 5.75 Å². The van der Waals surface area contributed by atoms with Crippen LogP contribution in [0.1, 0.15) is 0 Å². The molecule has 1 aliphatic rings.